The predicted molar refractivity (Wildman–Crippen MR) is 99.6 cm³/mol. The highest BCUT2D eigenvalue weighted by Gasteiger charge is 2.15. The molecule has 2 aromatic rings. The summed E-state index contributed by atoms with van der Waals surface area (Å²) < 4.78 is 6.57. The van der Waals surface area contributed by atoms with Gasteiger partial charge < -0.3 is 4.74 Å². The van der Waals surface area contributed by atoms with Crippen LogP contribution in [0.2, 0.25) is 0 Å². The Kier molecular flexibility index (Phi) is 7.46. The van der Waals surface area contributed by atoms with Gasteiger partial charge >= 0.3 is 5.69 Å². The van der Waals surface area contributed by atoms with Crippen LogP contribution in [0, 0.1) is 0 Å². The summed E-state index contributed by atoms with van der Waals surface area (Å²) in [5.41, 5.74) is 2.73. The number of nitrogens with zero attached hydrogens (tertiary/aromatic N) is 2. The SMILES string of the molecule is CCc1ccc(CC)c(C(=O)CSc2n[nH]c(=O)n2CCCOC)c1. The fraction of sp³-hybridized carbons (Fsp3) is 0.500. The molecule has 0 fully saturated rings. The van der Waals surface area contributed by atoms with E-state index in [1.165, 1.54) is 11.8 Å². The summed E-state index contributed by atoms with van der Waals surface area (Å²) in [5.74, 6) is 0.324. The van der Waals surface area contributed by atoms with Crippen molar-refractivity contribution in [2.24, 2.45) is 0 Å². The van der Waals surface area contributed by atoms with Gasteiger partial charge in [0, 0.05) is 25.8 Å². The smallest absolute Gasteiger partial charge is 0.343 e. The minimum absolute atomic E-state index is 0.0658. The lowest BCUT2D eigenvalue weighted by molar-refractivity contribution is 0.102. The molecule has 0 aliphatic carbocycles. The van der Waals surface area contributed by atoms with E-state index in [1.807, 2.05) is 19.1 Å². The molecule has 0 aliphatic rings. The third-order valence-corrected chi connectivity index (χ3v) is 5.03. The fourth-order valence-electron chi connectivity index (χ4n) is 2.60. The van der Waals surface area contributed by atoms with Gasteiger partial charge in [-0.05, 0) is 36.5 Å². The number of H-pyrrole nitrogens is 1. The van der Waals surface area contributed by atoms with Gasteiger partial charge in [0.2, 0.25) is 0 Å². The fourth-order valence-corrected chi connectivity index (χ4v) is 3.45. The molecule has 1 aromatic carbocycles. The van der Waals surface area contributed by atoms with Crippen molar-refractivity contribution in [3.63, 3.8) is 0 Å². The summed E-state index contributed by atoms with van der Waals surface area (Å²) in [7, 11) is 1.63. The minimum Gasteiger partial charge on any atom is -0.385 e. The van der Waals surface area contributed by atoms with Crippen LogP contribution in [0.15, 0.2) is 28.2 Å². The van der Waals surface area contributed by atoms with Crippen LogP contribution in [0.5, 0.6) is 0 Å². The maximum absolute atomic E-state index is 12.7. The highest BCUT2D eigenvalue weighted by molar-refractivity contribution is 7.99. The number of hydrogen-bond donors (Lipinski definition) is 1. The molecule has 25 heavy (non-hydrogen) atoms. The molecule has 0 amide bonds. The normalized spacial score (nSPS) is 11.0. The number of hydrogen-bond acceptors (Lipinski definition) is 5. The summed E-state index contributed by atoms with van der Waals surface area (Å²) in [6.07, 6.45) is 2.44. The van der Waals surface area contributed by atoms with Crippen LogP contribution in [-0.2, 0) is 24.1 Å². The molecule has 6 nitrogen and oxygen atoms in total. The van der Waals surface area contributed by atoms with Crippen molar-refractivity contribution < 1.29 is 9.53 Å². The molecule has 1 N–H and O–H groups in total. The highest BCUT2D eigenvalue weighted by Crippen LogP contribution is 2.20. The van der Waals surface area contributed by atoms with Crippen molar-refractivity contribution in [3.05, 3.63) is 45.4 Å². The number of carbonyl (C=O) groups is 1. The van der Waals surface area contributed by atoms with Gasteiger partial charge in [-0.25, -0.2) is 9.89 Å². The number of benzene rings is 1. The van der Waals surface area contributed by atoms with Crippen molar-refractivity contribution in [3.8, 4) is 0 Å². The van der Waals surface area contributed by atoms with E-state index in [9.17, 15) is 9.59 Å². The maximum Gasteiger partial charge on any atom is 0.343 e. The third kappa shape index (κ3) is 5.06. The van der Waals surface area contributed by atoms with Crippen LogP contribution in [0.25, 0.3) is 0 Å². The second-order valence-electron chi connectivity index (χ2n) is 5.72. The first-order valence-corrected chi connectivity index (χ1v) is 9.51. The molecular formula is C18H25N3O3S. The molecule has 0 saturated heterocycles. The van der Waals surface area contributed by atoms with Gasteiger partial charge in [-0.3, -0.25) is 9.36 Å². The molecule has 0 spiro atoms. The second-order valence-corrected chi connectivity index (χ2v) is 6.66. The number of ether oxygens (including phenoxy) is 1. The Bertz CT molecular complexity index is 767. The molecule has 0 atom stereocenters. The Morgan fingerprint density at radius 1 is 1.32 bits per heavy atom. The number of nitrogens with one attached hydrogen (secondary N) is 1. The lowest BCUT2D eigenvalue weighted by Crippen LogP contribution is -2.19. The van der Waals surface area contributed by atoms with E-state index >= 15 is 0 Å². The van der Waals surface area contributed by atoms with Gasteiger partial charge in [-0.1, -0.05) is 37.7 Å². The summed E-state index contributed by atoms with van der Waals surface area (Å²) >= 11 is 1.29. The van der Waals surface area contributed by atoms with E-state index in [0.29, 0.717) is 18.3 Å². The number of aryl methyl sites for hydroxylation is 2. The monoisotopic (exact) mass is 363 g/mol. The van der Waals surface area contributed by atoms with Gasteiger partial charge in [0.25, 0.3) is 0 Å². The lowest BCUT2D eigenvalue weighted by atomic mass is 9.98. The molecule has 0 bridgehead atoms. The molecular weight excluding hydrogens is 338 g/mol. The van der Waals surface area contributed by atoms with Crippen LogP contribution in [0.4, 0.5) is 0 Å². The second kappa shape index (κ2) is 9.58. The number of rotatable bonds is 10. The van der Waals surface area contributed by atoms with Gasteiger partial charge in [-0.15, -0.1) is 5.10 Å². The highest BCUT2D eigenvalue weighted by atomic mass is 32.2. The van der Waals surface area contributed by atoms with E-state index in [0.717, 1.165) is 36.0 Å². The summed E-state index contributed by atoms with van der Waals surface area (Å²) in [6.45, 7) is 5.22. The number of aromatic amines is 1. The molecule has 1 heterocycles. The van der Waals surface area contributed by atoms with Crippen LogP contribution >= 0.6 is 11.8 Å². The molecule has 0 saturated carbocycles. The van der Waals surface area contributed by atoms with Crippen molar-refractivity contribution in [1.29, 1.82) is 0 Å². The Balaban J connectivity index is 2.09. The minimum atomic E-state index is -0.256. The lowest BCUT2D eigenvalue weighted by Gasteiger charge is -2.09. The summed E-state index contributed by atoms with van der Waals surface area (Å²) in [4.78, 5) is 24.5. The van der Waals surface area contributed by atoms with Crippen LogP contribution in [-0.4, -0.2) is 40.0 Å². The maximum atomic E-state index is 12.7. The number of thioether (sulfide) groups is 1. The Morgan fingerprint density at radius 2 is 2.12 bits per heavy atom. The van der Waals surface area contributed by atoms with E-state index in [2.05, 4.69) is 23.2 Å². The average molecular weight is 363 g/mol. The Hall–Kier alpha value is -1.86. The van der Waals surface area contributed by atoms with E-state index in [4.69, 9.17) is 4.74 Å². The third-order valence-electron chi connectivity index (χ3n) is 4.05. The molecule has 1 aromatic heterocycles. The van der Waals surface area contributed by atoms with Crippen LogP contribution < -0.4 is 5.69 Å². The zero-order chi connectivity index (χ0) is 18.2. The molecule has 0 aliphatic heterocycles. The first-order chi connectivity index (χ1) is 12.1. The molecule has 2 rings (SSSR count). The zero-order valence-electron chi connectivity index (χ0n) is 15.0. The number of methoxy groups -OCH3 is 1. The average Bonchev–Trinajstić information content (AvgIpc) is 2.99. The number of ketones is 1. The van der Waals surface area contributed by atoms with Crippen molar-refractivity contribution in [2.75, 3.05) is 19.5 Å². The van der Waals surface area contributed by atoms with Crippen molar-refractivity contribution in [1.82, 2.24) is 14.8 Å². The Morgan fingerprint density at radius 3 is 2.80 bits per heavy atom. The largest absolute Gasteiger partial charge is 0.385 e. The number of aromatic nitrogens is 3. The number of carbonyl (C=O) groups excluding carboxylic acids is 1. The van der Waals surface area contributed by atoms with Gasteiger partial charge in [0.15, 0.2) is 10.9 Å². The molecule has 7 heteroatoms. The van der Waals surface area contributed by atoms with Gasteiger partial charge in [0.1, 0.15) is 0 Å². The van der Waals surface area contributed by atoms with Crippen molar-refractivity contribution in [2.45, 2.75) is 44.8 Å². The quantitative estimate of drug-likeness (QED) is 0.399. The van der Waals surface area contributed by atoms with Crippen LogP contribution in [0.3, 0.4) is 0 Å². The first kappa shape index (κ1) is 19.5. The standard InChI is InChI=1S/C18H25N3O3S/c1-4-13-7-8-14(5-2)15(11-13)16(22)12-25-18-20-19-17(23)21(18)9-6-10-24-3/h7-8,11H,4-6,9-10,12H2,1-3H3,(H,19,23). The zero-order valence-corrected chi connectivity index (χ0v) is 15.8. The Labute approximate surface area is 152 Å². The van der Waals surface area contributed by atoms with Gasteiger partial charge in [0.05, 0.1) is 5.75 Å². The van der Waals surface area contributed by atoms with Crippen molar-refractivity contribution >= 4 is 17.5 Å². The molecule has 0 radical (unpaired) electrons. The first-order valence-electron chi connectivity index (χ1n) is 8.52. The summed E-state index contributed by atoms with van der Waals surface area (Å²) in [6, 6.07) is 6.09. The molecule has 0 unspecified atom stereocenters. The summed E-state index contributed by atoms with van der Waals surface area (Å²) in [5, 5.41) is 7.03. The van der Waals surface area contributed by atoms with Crippen LogP contribution in [0.1, 0.15) is 41.8 Å². The van der Waals surface area contributed by atoms with E-state index < -0.39 is 0 Å². The molecule has 136 valence electrons. The topological polar surface area (TPSA) is 77.0 Å². The predicted octanol–water partition coefficient (Wildman–Crippen LogP) is 2.71. The van der Waals surface area contributed by atoms with E-state index in [1.54, 1.807) is 11.7 Å². The number of Topliss-reactive ketones (excluding diaryl/α,β-unsaturated/α-hetero) is 1. The van der Waals surface area contributed by atoms with E-state index in [-0.39, 0.29) is 17.2 Å². The van der Waals surface area contributed by atoms with Gasteiger partial charge in [-0.2, -0.15) is 0 Å².